The number of oxazole rings is 1. The summed E-state index contributed by atoms with van der Waals surface area (Å²) in [6, 6.07) is 6.11. The number of fused-ring (bicyclic) bond motifs is 1. The van der Waals surface area contributed by atoms with E-state index in [9.17, 15) is 5.11 Å². The summed E-state index contributed by atoms with van der Waals surface area (Å²) in [6.07, 6.45) is 3.72. The smallest absolute Gasteiger partial charge is 0.298 e. The number of hydrogen-bond donors (Lipinski definition) is 2. The van der Waals surface area contributed by atoms with Crippen LogP contribution in [0.2, 0.25) is 0 Å². The average molecular weight is 261 g/mol. The lowest BCUT2D eigenvalue weighted by atomic mass is 9.92. The molecule has 3 rings (SSSR count). The van der Waals surface area contributed by atoms with Crippen molar-refractivity contribution in [3.05, 3.63) is 18.2 Å². The molecule has 2 unspecified atom stereocenters. The van der Waals surface area contributed by atoms with Gasteiger partial charge < -0.3 is 20.2 Å². The second kappa shape index (κ2) is 4.74. The molecule has 1 saturated carbocycles. The van der Waals surface area contributed by atoms with Crippen molar-refractivity contribution in [1.82, 2.24) is 4.98 Å². The van der Waals surface area contributed by atoms with E-state index in [0.717, 1.165) is 25.7 Å². The number of aliphatic hydroxyl groups excluding tert-OH is 1. The second-order valence-corrected chi connectivity index (χ2v) is 5.22. The zero-order valence-corrected chi connectivity index (χ0v) is 11.0. The van der Waals surface area contributed by atoms with Crippen LogP contribution in [0.25, 0.3) is 11.1 Å². The van der Waals surface area contributed by atoms with Crippen LogP contribution in [0.15, 0.2) is 22.6 Å². The maximum atomic E-state index is 10.1. The van der Waals surface area contributed by atoms with Gasteiger partial charge in [0.1, 0.15) is 5.52 Å². The Morgan fingerprint density at radius 1 is 1.37 bits per heavy atom. The van der Waals surface area contributed by atoms with E-state index in [1.54, 1.807) is 0 Å². The molecule has 1 aliphatic rings. The van der Waals surface area contributed by atoms with Gasteiger partial charge in [-0.1, -0.05) is 18.9 Å². The number of nitrogen functional groups attached to an aromatic ring is 1. The van der Waals surface area contributed by atoms with E-state index in [-0.39, 0.29) is 12.1 Å². The molecule has 2 aromatic rings. The molecule has 0 spiro atoms. The molecule has 0 saturated heterocycles. The van der Waals surface area contributed by atoms with Crippen molar-refractivity contribution >= 4 is 22.8 Å². The van der Waals surface area contributed by atoms with Crippen molar-refractivity contribution in [3.63, 3.8) is 0 Å². The van der Waals surface area contributed by atoms with Crippen LogP contribution in [-0.4, -0.2) is 29.3 Å². The quantitative estimate of drug-likeness (QED) is 0.810. The minimum absolute atomic E-state index is 0.0723. The second-order valence-electron chi connectivity index (χ2n) is 5.22. The Bertz CT molecular complexity index is 581. The van der Waals surface area contributed by atoms with E-state index in [2.05, 4.69) is 4.98 Å². The fourth-order valence-electron chi connectivity index (χ4n) is 2.79. The molecule has 5 nitrogen and oxygen atoms in total. The largest absolute Gasteiger partial charge is 0.423 e. The number of para-hydroxylation sites is 1. The highest BCUT2D eigenvalue weighted by Gasteiger charge is 2.29. The number of benzene rings is 1. The number of likely N-dealkylation sites (N-methyl/N-ethyl adjacent to an activating group) is 1. The van der Waals surface area contributed by atoms with Crippen molar-refractivity contribution in [2.24, 2.45) is 0 Å². The minimum atomic E-state index is -0.314. The lowest BCUT2D eigenvalue weighted by Gasteiger charge is -2.34. The SMILES string of the molecule is CN(c1nc2c(N)cccc2o1)C1CCCCC1O. The van der Waals surface area contributed by atoms with Gasteiger partial charge in [-0.2, -0.15) is 4.98 Å². The number of nitrogens with two attached hydrogens (primary N) is 1. The Balaban J connectivity index is 1.92. The highest BCUT2D eigenvalue weighted by Crippen LogP contribution is 2.30. The molecule has 2 atom stereocenters. The molecular formula is C14H19N3O2. The molecule has 1 heterocycles. The standard InChI is InChI=1S/C14H19N3O2/c1-17(10-6-2-3-7-11(10)18)14-16-13-9(15)5-4-8-12(13)19-14/h4-5,8,10-11,18H,2-3,6-7,15H2,1H3. The van der Waals surface area contributed by atoms with Crippen LogP contribution < -0.4 is 10.6 Å². The summed E-state index contributed by atoms with van der Waals surface area (Å²) < 4.78 is 5.74. The van der Waals surface area contributed by atoms with Crippen LogP contribution in [0.4, 0.5) is 11.7 Å². The minimum Gasteiger partial charge on any atom is -0.423 e. The van der Waals surface area contributed by atoms with Crippen LogP contribution in [-0.2, 0) is 0 Å². The van der Waals surface area contributed by atoms with E-state index < -0.39 is 0 Å². The van der Waals surface area contributed by atoms with E-state index in [1.807, 2.05) is 30.1 Å². The van der Waals surface area contributed by atoms with Crippen LogP contribution in [0.5, 0.6) is 0 Å². The molecule has 1 aliphatic carbocycles. The van der Waals surface area contributed by atoms with Gasteiger partial charge in [0.25, 0.3) is 6.01 Å². The van der Waals surface area contributed by atoms with Gasteiger partial charge in [0.15, 0.2) is 5.58 Å². The molecule has 0 bridgehead atoms. The average Bonchev–Trinajstić information content (AvgIpc) is 2.84. The van der Waals surface area contributed by atoms with Crippen molar-refractivity contribution in [2.75, 3.05) is 17.7 Å². The highest BCUT2D eigenvalue weighted by atomic mass is 16.4. The first-order valence-corrected chi connectivity index (χ1v) is 6.73. The van der Waals surface area contributed by atoms with Crippen LogP contribution in [0.3, 0.4) is 0 Å². The Kier molecular flexibility index (Phi) is 3.06. The summed E-state index contributed by atoms with van der Waals surface area (Å²) in [7, 11) is 1.92. The molecule has 0 radical (unpaired) electrons. The molecule has 0 amide bonds. The lowest BCUT2D eigenvalue weighted by molar-refractivity contribution is 0.104. The summed E-state index contributed by atoms with van der Waals surface area (Å²) in [5, 5.41) is 10.1. The van der Waals surface area contributed by atoms with Crippen molar-refractivity contribution in [1.29, 1.82) is 0 Å². The van der Waals surface area contributed by atoms with Crippen LogP contribution in [0.1, 0.15) is 25.7 Å². The number of hydrogen-bond acceptors (Lipinski definition) is 5. The number of anilines is 2. The maximum absolute atomic E-state index is 10.1. The van der Waals surface area contributed by atoms with Gasteiger partial charge in [0, 0.05) is 7.05 Å². The Morgan fingerprint density at radius 3 is 2.89 bits per heavy atom. The molecule has 1 aromatic carbocycles. The van der Waals surface area contributed by atoms with Crippen molar-refractivity contribution in [3.8, 4) is 0 Å². The van der Waals surface area contributed by atoms with E-state index in [0.29, 0.717) is 22.8 Å². The zero-order valence-electron chi connectivity index (χ0n) is 11.0. The molecule has 1 aromatic heterocycles. The van der Waals surface area contributed by atoms with E-state index in [1.165, 1.54) is 0 Å². The summed E-state index contributed by atoms with van der Waals surface area (Å²) in [6.45, 7) is 0. The summed E-state index contributed by atoms with van der Waals surface area (Å²) >= 11 is 0. The Morgan fingerprint density at radius 2 is 2.16 bits per heavy atom. The molecule has 0 aliphatic heterocycles. The highest BCUT2D eigenvalue weighted by molar-refractivity contribution is 5.86. The summed E-state index contributed by atoms with van der Waals surface area (Å²) in [5.74, 6) is 0. The van der Waals surface area contributed by atoms with Crippen molar-refractivity contribution in [2.45, 2.75) is 37.8 Å². The number of nitrogens with zero attached hydrogens (tertiary/aromatic N) is 2. The third kappa shape index (κ3) is 2.14. The number of aromatic nitrogens is 1. The fourth-order valence-corrected chi connectivity index (χ4v) is 2.79. The van der Waals surface area contributed by atoms with Gasteiger partial charge in [0.2, 0.25) is 0 Å². The number of aliphatic hydroxyl groups is 1. The first-order chi connectivity index (χ1) is 9.16. The maximum Gasteiger partial charge on any atom is 0.298 e. The van der Waals surface area contributed by atoms with Gasteiger partial charge in [-0.3, -0.25) is 0 Å². The third-order valence-corrected chi connectivity index (χ3v) is 3.93. The molecular weight excluding hydrogens is 242 g/mol. The lowest BCUT2D eigenvalue weighted by Crippen LogP contribution is -2.43. The Hall–Kier alpha value is -1.75. The molecule has 102 valence electrons. The van der Waals surface area contributed by atoms with Crippen LogP contribution >= 0.6 is 0 Å². The molecule has 1 fully saturated rings. The topological polar surface area (TPSA) is 75.5 Å². The molecule has 19 heavy (non-hydrogen) atoms. The summed E-state index contributed by atoms with van der Waals surface area (Å²) in [5.41, 5.74) is 7.88. The van der Waals surface area contributed by atoms with Gasteiger partial charge in [0.05, 0.1) is 17.8 Å². The predicted octanol–water partition coefficient (Wildman–Crippen LogP) is 2.15. The van der Waals surface area contributed by atoms with Crippen molar-refractivity contribution < 1.29 is 9.52 Å². The van der Waals surface area contributed by atoms with Gasteiger partial charge >= 0.3 is 0 Å². The van der Waals surface area contributed by atoms with E-state index in [4.69, 9.17) is 10.2 Å². The fraction of sp³-hybridized carbons (Fsp3) is 0.500. The predicted molar refractivity (Wildman–Crippen MR) is 75.1 cm³/mol. The normalized spacial score (nSPS) is 23.7. The molecule has 3 N–H and O–H groups in total. The van der Waals surface area contributed by atoms with Gasteiger partial charge in [-0.25, -0.2) is 0 Å². The number of rotatable bonds is 2. The van der Waals surface area contributed by atoms with Gasteiger partial charge in [-0.05, 0) is 25.0 Å². The van der Waals surface area contributed by atoms with E-state index >= 15 is 0 Å². The van der Waals surface area contributed by atoms with Crippen LogP contribution in [0, 0.1) is 0 Å². The Labute approximate surface area is 112 Å². The monoisotopic (exact) mass is 261 g/mol. The van der Waals surface area contributed by atoms with Gasteiger partial charge in [-0.15, -0.1) is 0 Å². The first kappa shape index (κ1) is 12.3. The third-order valence-electron chi connectivity index (χ3n) is 3.93. The summed E-state index contributed by atoms with van der Waals surface area (Å²) in [4.78, 5) is 6.38. The first-order valence-electron chi connectivity index (χ1n) is 6.73. The molecule has 5 heteroatoms. The zero-order chi connectivity index (χ0) is 13.4.